The van der Waals surface area contributed by atoms with Gasteiger partial charge in [0.25, 0.3) is 0 Å². The second kappa shape index (κ2) is 3.05. The van der Waals surface area contributed by atoms with Gasteiger partial charge in [-0.2, -0.15) is 15.0 Å². The Balaban J connectivity index is 2.09. The minimum Gasteiger partial charge on any atom is -0.300 e. The molecular weight excluding hydrogens is 154 g/mol. The average Bonchev–Trinajstić information content (AvgIpc) is 2.56. The predicted octanol–water partition coefficient (Wildman–Crippen LogP) is 0.962. The zero-order valence-corrected chi connectivity index (χ0v) is 6.81. The van der Waals surface area contributed by atoms with Gasteiger partial charge in [-0.3, -0.25) is 4.79 Å². The molecule has 0 aliphatic heterocycles. The summed E-state index contributed by atoms with van der Waals surface area (Å²) in [5.74, 6) is 0.337. The highest BCUT2D eigenvalue weighted by atomic mass is 16.1. The lowest BCUT2D eigenvalue weighted by atomic mass is 9.95. The summed E-state index contributed by atoms with van der Waals surface area (Å²) in [6.45, 7) is 0. The third-order valence-electron chi connectivity index (χ3n) is 2.22. The standard InChI is InChI=1S/C8H11N3O/c12-8-3-1-2-7(6-8)11-9-4-5-10-11/h4-5,7H,1-3,6H2. The molecule has 4 nitrogen and oxygen atoms in total. The summed E-state index contributed by atoms with van der Waals surface area (Å²) in [4.78, 5) is 12.7. The Kier molecular flexibility index (Phi) is 1.89. The van der Waals surface area contributed by atoms with Crippen LogP contribution < -0.4 is 0 Å². The first-order valence-corrected chi connectivity index (χ1v) is 4.24. The maximum absolute atomic E-state index is 11.1. The number of hydrogen-bond acceptors (Lipinski definition) is 3. The first kappa shape index (κ1) is 7.46. The molecule has 1 aromatic rings. The molecule has 0 N–H and O–H groups in total. The smallest absolute Gasteiger partial charge is 0.135 e. The number of hydrogen-bond donors (Lipinski definition) is 0. The van der Waals surface area contributed by atoms with Gasteiger partial charge in [-0.15, -0.1) is 0 Å². The van der Waals surface area contributed by atoms with Crippen LogP contribution >= 0.6 is 0 Å². The molecule has 64 valence electrons. The summed E-state index contributed by atoms with van der Waals surface area (Å²) in [5, 5.41) is 8.06. The molecule has 0 aromatic carbocycles. The molecular formula is C8H11N3O. The molecule has 4 heteroatoms. The van der Waals surface area contributed by atoms with Gasteiger partial charge in [0.1, 0.15) is 5.78 Å². The number of aromatic nitrogens is 3. The Morgan fingerprint density at radius 1 is 1.42 bits per heavy atom. The van der Waals surface area contributed by atoms with Crippen LogP contribution in [-0.4, -0.2) is 20.8 Å². The highest BCUT2D eigenvalue weighted by molar-refractivity contribution is 5.79. The van der Waals surface area contributed by atoms with E-state index in [0.717, 1.165) is 19.3 Å². The third kappa shape index (κ3) is 1.37. The van der Waals surface area contributed by atoms with E-state index in [0.29, 0.717) is 12.2 Å². The van der Waals surface area contributed by atoms with E-state index in [9.17, 15) is 4.79 Å². The molecule has 0 spiro atoms. The van der Waals surface area contributed by atoms with Gasteiger partial charge in [0, 0.05) is 12.8 Å². The predicted molar refractivity (Wildman–Crippen MR) is 42.5 cm³/mol. The fourth-order valence-corrected chi connectivity index (χ4v) is 1.61. The lowest BCUT2D eigenvalue weighted by Crippen LogP contribution is -2.20. The van der Waals surface area contributed by atoms with Gasteiger partial charge >= 0.3 is 0 Å². The molecule has 1 aliphatic rings. The van der Waals surface area contributed by atoms with E-state index in [4.69, 9.17) is 0 Å². The summed E-state index contributed by atoms with van der Waals surface area (Å²) >= 11 is 0. The van der Waals surface area contributed by atoms with E-state index in [1.165, 1.54) is 0 Å². The molecule has 1 fully saturated rings. The Labute approximate surface area is 70.6 Å². The molecule has 1 unspecified atom stereocenters. The molecule has 1 saturated carbocycles. The van der Waals surface area contributed by atoms with Crippen LogP contribution in [0.4, 0.5) is 0 Å². The van der Waals surface area contributed by atoms with Crippen molar-refractivity contribution >= 4 is 5.78 Å². The molecule has 0 radical (unpaired) electrons. The fourth-order valence-electron chi connectivity index (χ4n) is 1.61. The van der Waals surface area contributed by atoms with E-state index in [1.807, 2.05) is 0 Å². The number of rotatable bonds is 1. The van der Waals surface area contributed by atoms with E-state index >= 15 is 0 Å². The third-order valence-corrected chi connectivity index (χ3v) is 2.22. The molecule has 1 heterocycles. The van der Waals surface area contributed by atoms with Crippen molar-refractivity contribution in [3.05, 3.63) is 12.4 Å². The van der Waals surface area contributed by atoms with E-state index in [1.54, 1.807) is 17.2 Å². The lowest BCUT2D eigenvalue weighted by Gasteiger charge is -2.19. The fraction of sp³-hybridized carbons (Fsp3) is 0.625. The van der Waals surface area contributed by atoms with Crippen molar-refractivity contribution in [3.63, 3.8) is 0 Å². The highest BCUT2D eigenvalue weighted by Gasteiger charge is 2.21. The second-order valence-corrected chi connectivity index (χ2v) is 3.14. The van der Waals surface area contributed by atoms with Gasteiger partial charge in [0.05, 0.1) is 18.4 Å². The summed E-state index contributed by atoms with van der Waals surface area (Å²) in [6.07, 6.45) is 6.65. The largest absolute Gasteiger partial charge is 0.300 e. The summed E-state index contributed by atoms with van der Waals surface area (Å²) in [5.41, 5.74) is 0. The van der Waals surface area contributed by atoms with Crippen molar-refractivity contribution in [3.8, 4) is 0 Å². The van der Waals surface area contributed by atoms with Crippen LogP contribution in [-0.2, 0) is 4.79 Å². The van der Waals surface area contributed by atoms with Crippen molar-refractivity contribution in [1.82, 2.24) is 15.0 Å². The van der Waals surface area contributed by atoms with Gasteiger partial charge in [0.15, 0.2) is 0 Å². The Morgan fingerprint density at radius 2 is 2.17 bits per heavy atom. The zero-order valence-electron chi connectivity index (χ0n) is 6.81. The van der Waals surface area contributed by atoms with E-state index < -0.39 is 0 Å². The van der Waals surface area contributed by atoms with Crippen LogP contribution in [0.25, 0.3) is 0 Å². The highest BCUT2D eigenvalue weighted by Crippen LogP contribution is 2.23. The van der Waals surface area contributed by atoms with Gasteiger partial charge in [-0.1, -0.05) is 0 Å². The zero-order chi connectivity index (χ0) is 8.39. The molecule has 2 rings (SSSR count). The van der Waals surface area contributed by atoms with Gasteiger partial charge < -0.3 is 0 Å². The van der Waals surface area contributed by atoms with Crippen LogP contribution in [0.5, 0.6) is 0 Å². The average molecular weight is 165 g/mol. The number of Topliss-reactive ketones (excluding diaryl/α,β-unsaturated/α-hetero) is 1. The van der Waals surface area contributed by atoms with E-state index in [-0.39, 0.29) is 6.04 Å². The lowest BCUT2D eigenvalue weighted by molar-refractivity contribution is -0.121. The topological polar surface area (TPSA) is 47.8 Å². The Bertz CT molecular complexity index is 268. The van der Waals surface area contributed by atoms with Crippen LogP contribution in [0.1, 0.15) is 31.7 Å². The van der Waals surface area contributed by atoms with Crippen molar-refractivity contribution < 1.29 is 4.79 Å². The normalized spacial score (nSPS) is 24.3. The summed E-state index contributed by atoms with van der Waals surface area (Å²) in [7, 11) is 0. The summed E-state index contributed by atoms with van der Waals surface area (Å²) in [6, 6.07) is 0.209. The number of nitrogens with zero attached hydrogens (tertiary/aromatic N) is 3. The first-order chi connectivity index (χ1) is 5.86. The van der Waals surface area contributed by atoms with Gasteiger partial charge in [0.2, 0.25) is 0 Å². The number of carbonyl (C=O) groups excluding carboxylic acids is 1. The first-order valence-electron chi connectivity index (χ1n) is 4.24. The van der Waals surface area contributed by atoms with Crippen LogP contribution in [0.15, 0.2) is 12.4 Å². The minimum absolute atomic E-state index is 0.209. The molecule has 12 heavy (non-hydrogen) atoms. The van der Waals surface area contributed by atoms with Gasteiger partial charge in [-0.25, -0.2) is 0 Å². The van der Waals surface area contributed by atoms with E-state index in [2.05, 4.69) is 10.2 Å². The molecule has 1 aliphatic carbocycles. The number of carbonyl (C=O) groups is 1. The molecule has 1 atom stereocenters. The van der Waals surface area contributed by atoms with Crippen LogP contribution in [0.3, 0.4) is 0 Å². The maximum atomic E-state index is 11.1. The molecule has 0 bridgehead atoms. The Morgan fingerprint density at radius 3 is 2.83 bits per heavy atom. The summed E-state index contributed by atoms with van der Waals surface area (Å²) < 4.78 is 0. The monoisotopic (exact) mass is 165 g/mol. The minimum atomic E-state index is 0.209. The molecule has 1 aromatic heterocycles. The van der Waals surface area contributed by atoms with Crippen molar-refractivity contribution in [2.75, 3.05) is 0 Å². The number of ketones is 1. The van der Waals surface area contributed by atoms with Crippen molar-refractivity contribution in [2.45, 2.75) is 31.7 Å². The van der Waals surface area contributed by atoms with Crippen LogP contribution in [0, 0.1) is 0 Å². The SMILES string of the molecule is O=C1CCCC(n2nccn2)C1. The quantitative estimate of drug-likeness (QED) is 0.622. The maximum Gasteiger partial charge on any atom is 0.135 e. The molecule has 0 amide bonds. The Hall–Kier alpha value is -1.19. The van der Waals surface area contributed by atoms with Crippen molar-refractivity contribution in [2.24, 2.45) is 0 Å². The second-order valence-electron chi connectivity index (χ2n) is 3.14. The molecule has 0 saturated heterocycles. The van der Waals surface area contributed by atoms with Crippen molar-refractivity contribution in [1.29, 1.82) is 0 Å². The van der Waals surface area contributed by atoms with Gasteiger partial charge in [-0.05, 0) is 12.8 Å². The van der Waals surface area contributed by atoms with Crippen LogP contribution in [0.2, 0.25) is 0 Å².